The van der Waals surface area contributed by atoms with Crippen LogP contribution in [0.4, 0.5) is 0 Å². The lowest BCUT2D eigenvalue weighted by molar-refractivity contribution is 0.613. The summed E-state index contributed by atoms with van der Waals surface area (Å²) in [5, 5.41) is 6.77. The highest BCUT2D eigenvalue weighted by molar-refractivity contribution is 5.59. The van der Waals surface area contributed by atoms with E-state index in [0.29, 0.717) is 24.2 Å². The Kier molecular flexibility index (Phi) is 5.95. The highest BCUT2D eigenvalue weighted by atomic mass is 15.0. The van der Waals surface area contributed by atoms with Crippen LogP contribution in [-0.2, 0) is 6.54 Å². The Hall–Kier alpha value is -3.50. The zero-order valence-electron chi connectivity index (χ0n) is 18.0. The Morgan fingerprint density at radius 1 is 0.844 bits per heavy atom. The summed E-state index contributed by atoms with van der Waals surface area (Å²) < 4.78 is 0. The summed E-state index contributed by atoms with van der Waals surface area (Å²) >= 11 is 0. The lowest BCUT2D eigenvalue weighted by Gasteiger charge is -2.05. The van der Waals surface area contributed by atoms with Gasteiger partial charge in [-0.05, 0) is 32.4 Å². The first-order chi connectivity index (χ1) is 15.8. The van der Waals surface area contributed by atoms with Crippen LogP contribution in [0.25, 0.3) is 34.2 Å². The summed E-state index contributed by atoms with van der Waals surface area (Å²) in [5.41, 5.74) is 3.53. The number of imidazole rings is 2. The molecule has 32 heavy (non-hydrogen) atoms. The van der Waals surface area contributed by atoms with Crippen molar-refractivity contribution in [3.63, 3.8) is 0 Å². The third kappa shape index (κ3) is 4.41. The van der Waals surface area contributed by atoms with E-state index in [-0.39, 0.29) is 0 Å². The van der Waals surface area contributed by atoms with E-state index >= 15 is 0 Å². The van der Waals surface area contributed by atoms with Crippen molar-refractivity contribution in [3.05, 3.63) is 48.8 Å². The molecule has 0 amide bonds. The van der Waals surface area contributed by atoms with Crippen molar-refractivity contribution in [2.24, 2.45) is 0 Å². The largest absolute Gasteiger partial charge is 0.341 e. The fraction of sp³-hybridized carbons (Fsp3) is 0.364. The third-order valence-electron chi connectivity index (χ3n) is 5.46. The average Bonchev–Trinajstić information content (AvgIpc) is 3.61. The van der Waals surface area contributed by atoms with Crippen molar-refractivity contribution >= 4 is 0 Å². The molecule has 4 aromatic heterocycles. The normalized spacial score (nSPS) is 16.0. The molecule has 0 radical (unpaired) electrons. The van der Waals surface area contributed by atoms with Gasteiger partial charge >= 0.3 is 0 Å². The molecule has 0 aromatic carbocycles. The number of nitrogens with zero attached hydrogens (tertiary/aromatic N) is 6. The molecule has 1 fully saturated rings. The van der Waals surface area contributed by atoms with Crippen molar-refractivity contribution in [3.8, 4) is 34.2 Å². The molecule has 0 spiro atoms. The summed E-state index contributed by atoms with van der Waals surface area (Å²) in [7, 11) is 0. The zero-order valence-corrected chi connectivity index (χ0v) is 18.0. The van der Waals surface area contributed by atoms with Crippen molar-refractivity contribution in [2.75, 3.05) is 13.1 Å². The van der Waals surface area contributed by atoms with Crippen LogP contribution in [0.3, 0.4) is 0 Å². The van der Waals surface area contributed by atoms with Crippen molar-refractivity contribution in [1.82, 2.24) is 50.5 Å². The van der Waals surface area contributed by atoms with E-state index in [9.17, 15) is 0 Å². The second-order valence-corrected chi connectivity index (χ2v) is 7.84. The molecule has 164 valence electrons. The Bertz CT molecular complexity index is 1140. The monoisotopic (exact) mass is 430 g/mol. The first kappa shape index (κ1) is 20.4. The minimum absolute atomic E-state index is 0.300. The summed E-state index contributed by atoms with van der Waals surface area (Å²) in [6, 6.07) is 0.300. The minimum Gasteiger partial charge on any atom is -0.341 e. The molecule has 5 rings (SSSR count). The Morgan fingerprint density at radius 2 is 1.50 bits per heavy atom. The number of hydrogen-bond acceptors (Lipinski definition) is 8. The molecule has 1 aliphatic rings. The Balaban J connectivity index is 1.26. The van der Waals surface area contributed by atoms with Gasteiger partial charge in [-0.1, -0.05) is 6.92 Å². The number of H-pyrrole nitrogens is 2. The van der Waals surface area contributed by atoms with Crippen LogP contribution in [0, 0.1) is 0 Å². The molecule has 10 heteroatoms. The van der Waals surface area contributed by atoms with Crippen LogP contribution in [0.15, 0.2) is 37.2 Å². The molecule has 1 atom stereocenters. The molecule has 0 aliphatic carbocycles. The number of rotatable bonds is 8. The Labute approximate surface area is 185 Å². The van der Waals surface area contributed by atoms with Gasteiger partial charge in [-0.25, -0.2) is 29.9 Å². The van der Waals surface area contributed by atoms with E-state index in [2.05, 4.69) is 57.4 Å². The predicted molar refractivity (Wildman–Crippen MR) is 120 cm³/mol. The fourth-order valence-corrected chi connectivity index (χ4v) is 3.73. The first-order valence-corrected chi connectivity index (χ1v) is 11.0. The zero-order chi connectivity index (χ0) is 21.8. The van der Waals surface area contributed by atoms with E-state index in [0.717, 1.165) is 60.1 Å². The highest BCUT2D eigenvalue weighted by Gasteiger charge is 2.19. The van der Waals surface area contributed by atoms with E-state index in [1.54, 1.807) is 31.0 Å². The van der Waals surface area contributed by atoms with Crippen molar-refractivity contribution in [2.45, 2.75) is 38.8 Å². The van der Waals surface area contributed by atoms with Gasteiger partial charge in [-0.3, -0.25) is 0 Å². The van der Waals surface area contributed by atoms with E-state index < -0.39 is 0 Å². The maximum Gasteiger partial charge on any atom is 0.197 e. The second kappa shape index (κ2) is 9.33. The van der Waals surface area contributed by atoms with Gasteiger partial charge in [0.25, 0.3) is 0 Å². The average molecular weight is 431 g/mol. The highest BCUT2D eigenvalue weighted by Crippen LogP contribution is 2.24. The fourth-order valence-electron chi connectivity index (χ4n) is 3.73. The third-order valence-corrected chi connectivity index (χ3v) is 5.46. The lowest BCUT2D eigenvalue weighted by Crippen LogP contribution is -2.14. The summed E-state index contributed by atoms with van der Waals surface area (Å²) in [6.45, 7) is 4.85. The number of hydrogen-bond donors (Lipinski definition) is 4. The van der Waals surface area contributed by atoms with Gasteiger partial charge in [0.15, 0.2) is 11.6 Å². The summed E-state index contributed by atoms with van der Waals surface area (Å²) in [4.78, 5) is 33.4. The molecule has 0 bridgehead atoms. The van der Waals surface area contributed by atoms with Crippen LogP contribution in [-0.4, -0.2) is 53.0 Å². The van der Waals surface area contributed by atoms with Crippen LogP contribution in [0.1, 0.15) is 43.9 Å². The molecular formula is C22H26N10. The SMILES string of the molecule is CCCNCc1ncc(-c2cnc(-c3ncc(-c4cnc([C@@H]5CCCN5)[nH]4)cn3)nc2)[nH]1. The number of aromatic amines is 2. The van der Waals surface area contributed by atoms with Crippen molar-refractivity contribution in [1.29, 1.82) is 0 Å². The molecule has 1 aliphatic heterocycles. The van der Waals surface area contributed by atoms with Gasteiger partial charge in [-0.15, -0.1) is 0 Å². The standard InChI is InChI=1S/C22H26N10/c1-2-5-23-13-19-25-11-17(31-19)14-7-26-21(27-8-14)22-28-9-15(10-29-22)18-12-30-20(32-18)16-4-3-6-24-16/h7-12,16,23-24H,2-6,13H2,1H3,(H,25,31)(H,30,32)/t16-/m0/s1. The molecule has 0 saturated carbocycles. The van der Waals surface area contributed by atoms with Gasteiger partial charge in [0.05, 0.1) is 36.4 Å². The number of nitrogens with one attached hydrogen (secondary N) is 4. The smallest absolute Gasteiger partial charge is 0.197 e. The molecule has 4 aromatic rings. The van der Waals surface area contributed by atoms with Crippen LogP contribution >= 0.6 is 0 Å². The van der Waals surface area contributed by atoms with Crippen molar-refractivity contribution < 1.29 is 0 Å². The number of aromatic nitrogens is 8. The van der Waals surface area contributed by atoms with Crippen LogP contribution in [0.5, 0.6) is 0 Å². The first-order valence-electron chi connectivity index (χ1n) is 11.0. The second-order valence-electron chi connectivity index (χ2n) is 7.84. The van der Waals surface area contributed by atoms with Gasteiger partial charge in [0.1, 0.15) is 11.6 Å². The van der Waals surface area contributed by atoms with E-state index in [1.807, 2.05) is 6.20 Å². The molecule has 4 N–H and O–H groups in total. The van der Waals surface area contributed by atoms with Gasteiger partial charge in [0, 0.05) is 35.9 Å². The maximum atomic E-state index is 4.51. The molecule has 1 saturated heterocycles. The van der Waals surface area contributed by atoms with Gasteiger partial charge in [-0.2, -0.15) is 0 Å². The van der Waals surface area contributed by atoms with Crippen LogP contribution < -0.4 is 10.6 Å². The molecule has 0 unspecified atom stereocenters. The molecular weight excluding hydrogens is 404 g/mol. The minimum atomic E-state index is 0.300. The Morgan fingerprint density at radius 3 is 2.12 bits per heavy atom. The molecule has 5 heterocycles. The summed E-state index contributed by atoms with van der Waals surface area (Å²) in [6.07, 6.45) is 14.0. The quantitative estimate of drug-likeness (QED) is 0.314. The van der Waals surface area contributed by atoms with E-state index in [1.165, 1.54) is 6.42 Å². The molecule has 10 nitrogen and oxygen atoms in total. The van der Waals surface area contributed by atoms with Gasteiger partial charge in [0.2, 0.25) is 0 Å². The lowest BCUT2D eigenvalue weighted by atomic mass is 10.2. The van der Waals surface area contributed by atoms with E-state index in [4.69, 9.17) is 0 Å². The maximum absolute atomic E-state index is 4.51. The van der Waals surface area contributed by atoms with Crippen LogP contribution in [0.2, 0.25) is 0 Å². The van der Waals surface area contributed by atoms with Gasteiger partial charge < -0.3 is 20.6 Å². The topological polar surface area (TPSA) is 133 Å². The predicted octanol–water partition coefficient (Wildman–Crippen LogP) is 2.64. The summed E-state index contributed by atoms with van der Waals surface area (Å²) in [5.74, 6) is 2.81.